The van der Waals surface area contributed by atoms with E-state index in [0.29, 0.717) is 5.69 Å². The molecule has 32 heavy (non-hydrogen) atoms. The first-order valence-corrected chi connectivity index (χ1v) is 9.82. The minimum atomic E-state index is -1.61. The van der Waals surface area contributed by atoms with E-state index in [1.165, 1.54) is 30.5 Å². The molecule has 0 spiro atoms. The number of rotatable bonds is 6. The standard InChI is InChI=1S/C24H18N2O6/c27-21-19(31-23(29)16-9-3-1-4-10-16)20(32-24(30)17-11-5-2-6-12-17)22(28)26(21)15-18-13-7-8-14-25-18/h1-14,19-20H,15H2/t19-,20-/m1/s1. The topological polar surface area (TPSA) is 103 Å². The van der Waals surface area contributed by atoms with Crippen LogP contribution in [0.25, 0.3) is 0 Å². The Morgan fingerprint density at radius 1 is 0.719 bits per heavy atom. The number of hydrogen-bond donors (Lipinski definition) is 0. The predicted molar refractivity (Wildman–Crippen MR) is 111 cm³/mol. The third-order valence-corrected chi connectivity index (χ3v) is 4.83. The molecule has 0 aliphatic carbocycles. The number of imide groups is 1. The van der Waals surface area contributed by atoms with Gasteiger partial charge in [-0.05, 0) is 36.4 Å². The fourth-order valence-electron chi connectivity index (χ4n) is 3.22. The second-order valence-corrected chi connectivity index (χ2v) is 6.97. The van der Waals surface area contributed by atoms with Gasteiger partial charge in [-0.25, -0.2) is 9.59 Å². The van der Waals surface area contributed by atoms with Gasteiger partial charge in [0, 0.05) is 6.20 Å². The van der Waals surface area contributed by atoms with Crippen molar-refractivity contribution in [2.24, 2.45) is 0 Å². The summed E-state index contributed by atoms with van der Waals surface area (Å²) < 4.78 is 10.7. The molecule has 0 unspecified atom stereocenters. The molecule has 2 amide bonds. The molecule has 0 bridgehead atoms. The maximum atomic E-state index is 13.0. The van der Waals surface area contributed by atoms with Gasteiger partial charge in [-0.3, -0.25) is 19.5 Å². The van der Waals surface area contributed by atoms with Crippen molar-refractivity contribution in [3.05, 3.63) is 102 Å². The van der Waals surface area contributed by atoms with Gasteiger partial charge in [-0.2, -0.15) is 0 Å². The first kappa shape index (κ1) is 20.9. The van der Waals surface area contributed by atoms with E-state index >= 15 is 0 Å². The van der Waals surface area contributed by atoms with Crippen LogP contribution < -0.4 is 0 Å². The highest BCUT2D eigenvalue weighted by Gasteiger charge is 2.53. The van der Waals surface area contributed by atoms with Crippen LogP contribution in [0.1, 0.15) is 26.4 Å². The molecule has 2 heterocycles. The lowest BCUT2D eigenvalue weighted by atomic mass is 10.2. The van der Waals surface area contributed by atoms with Gasteiger partial charge in [-0.15, -0.1) is 0 Å². The summed E-state index contributed by atoms with van der Waals surface area (Å²) in [5, 5.41) is 0. The van der Waals surface area contributed by atoms with E-state index in [-0.39, 0.29) is 17.7 Å². The summed E-state index contributed by atoms with van der Waals surface area (Å²) in [6.45, 7) is -0.142. The number of carbonyl (C=O) groups is 4. The molecule has 1 aliphatic heterocycles. The van der Waals surface area contributed by atoms with Gasteiger partial charge in [-0.1, -0.05) is 42.5 Å². The Morgan fingerprint density at radius 3 is 1.62 bits per heavy atom. The molecule has 1 aromatic heterocycles. The number of ether oxygens (including phenoxy) is 2. The lowest BCUT2D eigenvalue weighted by Crippen LogP contribution is -2.37. The van der Waals surface area contributed by atoms with Crippen LogP contribution >= 0.6 is 0 Å². The summed E-state index contributed by atoms with van der Waals surface area (Å²) in [5.41, 5.74) is 0.852. The zero-order chi connectivity index (χ0) is 22.5. The van der Waals surface area contributed by atoms with Crippen LogP contribution in [0.4, 0.5) is 0 Å². The Labute approximate surface area is 183 Å². The molecule has 1 aliphatic rings. The predicted octanol–water partition coefficient (Wildman–Crippen LogP) is 2.40. The summed E-state index contributed by atoms with van der Waals surface area (Å²) in [5.74, 6) is -3.18. The molecule has 1 saturated heterocycles. The smallest absolute Gasteiger partial charge is 0.339 e. The SMILES string of the molecule is O=C(O[C@H]1C(=O)N(Cc2ccccn2)C(=O)[C@@H]1OC(=O)c1ccccc1)c1ccccc1. The Balaban J connectivity index is 1.60. The number of benzene rings is 2. The monoisotopic (exact) mass is 430 g/mol. The van der Waals surface area contributed by atoms with Gasteiger partial charge in [0.1, 0.15) is 0 Å². The Hall–Kier alpha value is -4.33. The summed E-state index contributed by atoms with van der Waals surface area (Å²) in [6.07, 6.45) is -1.68. The first-order chi connectivity index (χ1) is 15.5. The molecule has 3 aromatic rings. The number of amides is 2. The van der Waals surface area contributed by atoms with E-state index in [0.717, 1.165) is 4.90 Å². The Kier molecular flexibility index (Phi) is 6.03. The molecular formula is C24H18N2O6. The molecule has 2 atom stereocenters. The van der Waals surface area contributed by atoms with Crippen LogP contribution in [0, 0.1) is 0 Å². The maximum absolute atomic E-state index is 13.0. The summed E-state index contributed by atoms with van der Waals surface area (Å²) in [7, 11) is 0. The average Bonchev–Trinajstić information content (AvgIpc) is 3.05. The van der Waals surface area contributed by atoms with Gasteiger partial charge >= 0.3 is 11.9 Å². The summed E-state index contributed by atoms with van der Waals surface area (Å²) >= 11 is 0. The lowest BCUT2D eigenvalue weighted by molar-refractivity contribution is -0.142. The van der Waals surface area contributed by atoms with Crippen LogP contribution in [0.15, 0.2) is 85.1 Å². The zero-order valence-electron chi connectivity index (χ0n) is 16.8. The van der Waals surface area contributed by atoms with Gasteiger partial charge < -0.3 is 9.47 Å². The highest BCUT2D eigenvalue weighted by molar-refractivity contribution is 6.10. The van der Waals surface area contributed by atoms with Crippen molar-refractivity contribution in [2.45, 2.75) is 18.8 Å². The fraction of sp³-hybridized carbons (Fsp3) is 0.125. The van der Waals surface area contributed by atoms with E-state index in [1.54, 1.807) is 54.6 Å². The van der Waals surface area contributed by atoms with Crippen LogP contribution in [0.2, 0.25) is 0 Å². The van der Waals surface area contributed by atoms with Crippen molar-refractivity contribution < 1.29 is 28.7 Å². The van der Waals surface area contributed by atoms with Crippen molar-refractivity contribution in [3.8, 4) is 0 Å². The minimum Gasteiger partial charge on any atom is -0.444 e. The number of pyridine rings is 1. The van der Waals surface area contributed by atoms with E-state index < -0.39 is 36.0 Å². The molecule has 2 aromatic carbocycles. The molecule has 0 saturated carbocycles. The van der Waals surface area contributed by atoms with E-state index in [1.807, 2.05) is 0 Å². The quantitative estimate of drug-likeness (QED) is 0.437. The van der Waals surface area contributed by atoms with Crippen molar-refractivity contribution in [2.75, 3.05) is 0 Å². The molecule has 160 valence electrons. The van der Waals surface area contributed by atoms with Crippen LogP contribution in [0.3, 0.4) is 0 Å². The summed E-state index contributed by atoms with van der Waals surface area (Å²) in [4.78, 5) is 56.2. The summed E-state index contributed by atoms with van der Waals surface area (Å²) in [6, 6.07) is 21.1. The van der Waals surface area contributed by atoms with Gasteiger partial charge in [0.2, 0.25) is 12.2 Å². The second kappa shape index (κ2) is 9.22. The van der Waals surface area contributed by atoms with Gasteiger partial charge in [0.05, 0.1) is 23.4 Å². The zero-order valence-corrected chi connectivity index (χ0v) is 16.8. The highest BCUT2D eigenvalue weighted by Crippen LogP contribution is 2.24. The number of aromatic nitrogens is 1. The van der Waals surface area contributed by atoms with E-state index in [4.69, 9.17) is 9.47 Å². The number of hydrogen-bond acceptors (Lipinski definition) is 7. The van der Waals surface area contributed by atoms with Crippen LogP contribution in [0.5, 0.6) is 0 Å². The second-order valence-electron chi connectivity index (χ2n) is 6.97. The Morgan fingerprint density at radius 2 is 1.19 bits per heavy atom. The molecule has 1 fully saturated rings. The van der Waals surface area contributed by atoms with Gasteiger partial charge in [0.25, 0.3) is 11.8 Å². The fourth-order valence-corrected chi connectivity index (χ4v) is 3.22. The maximum Gasteiger partial charge on any atom is 0.339 e. The number of nitrogens with zero attached hydrogens (tertiary/aromatic N) is 2. The largest absolute Gasteiger partial charge is 0.444 e. The molecule has 0 radical (unpaired) electrons. The third kappa shape index (κ3) is 4.39. The number of likely N-dealkylation sites (tertiary alicyclic amines) is 1. The van der Waals surface area contributed by atoms with Gasteiger partial charge in [0.15, 0.2) is 0 Å². The van der Waals surface area contributed by atoms with Crippen molar-refractivity contribution >= 4 is 23.8 Å². The van der Waals surface area contributed by atoms with Crippen LogP contribution in [-0.4, -0.2) is 45.8 Å². The van der Waals surface area contributed by atoms with E-state index in [2.05, 4.69) is 4.98 Å². The highest BCUT2D eigenvalue weighted by atomic mass is 16.6. The first-order valence-electron chi connectivity index (χ1n) is 9.82. The lowest BCUT2D eigenvalue weighted by Gasteiger charge is -2.16. The molecular weight excluding hydrogens is 412 g/mol. The van der Waals surface area contributed by atoms with Crippen LogP contribution in [-0.2, 0) is 25.6 Å². The van der Waals surface area contributed by atoms with E-state index in [9.17, 15) is 19.2 Å². The average molecular weight is 430 g/mol. The number of esters is 2. The molecule has 4 rings (SSSR count). The molecule has 8 heteroatoms. The normalized spacial score (nSPS) is 17.8. The Bertz CT molecular complexity index is 1060. The molecule has 8 nitrogen and oxygen atoms in total. The minimum absolute atomic E-state index is 0.142. The molecule has 0 N–H and O–H groups in total. The van der Waals surface area contributed by atoms with Crippen molar-refractivity contribution in [1.29, 1.82) is 0 Å². The van der Waals surface area contributed by atoms with Crippen molar-refractivity contribution in [3.63, 3.8) is 0 Å². The van der Waals surface area contributed by atoms with Crippen molar-refractivity contribution in [1.82, 2.24) is 9.88 Å². The number of carbonyl (C=O) groups excluding carboxylic acids is 4. The third-order valence-electron chi connectivity index (χ3n) is 4.83.